The smallest absolute Gasteiger partial charge is 0.306 e. The Morgan fingerprint density at radius 3 is 2.40 bits per heavy atom. The summed E-state index contributed by atoms with van der Waals surface area (Å²) in [4.78, 5) is 12.4. The van der Waals surface area contributed by atoms with Gasteiger partial charge in [-0.2, -0.15) is 4.31 Å². The maximum atomic E-state index is 12.7. The zero-order chi connectivity index (χ0) is 21.4. The maximum absolute atomic E-state index is 12.7. The minimum absolute atomic E-state index is 0.169. The lowest BCUT2D eigenvalue weighted by molar-refractivity contribution is -0.144. The van der Waals surface area contributed by atoms with Crippen LogP contribution >= 0.6 is 0 Å². The van der Waals surface area contributed by atoms with Crippen LogP contribution in [0, 0.1) is 0 Å². The molecule has 0 N–H and O–H groups in total. The summed E-state index contributed by atoms with van der Waals surface area (Å²) >= 11 is 0. The van der Waals surface area contributed by atoms with Gasteiger partial charge in [-0.25, -0.2) is 8.42 Å². The summed E-state index contributed by atoms with van der Waals surface area (Å²) in [6.07, 6.45) is 3.63. The third-order valence-electron chi connectivity index (χ3n) is 5.16. The number of rotatable bonds is 9. The summed E-state index contributed by atoms with van der Waals surface area (Å²) in [5.41, 5.74) is 1.74. The van der Waals surface area contributed by atoms with Gasteiger partial charge in [0.2, 0.25) is 10.0 Å². The highest BCUT2D eigenvalue weighted by Gasteiger charge is 2.25. The molecule has 162 valence electrons. The van der Waals surface area contributed by atoms with Crippen molar-refractivity contribution in [2.75, 3.05) is 19.7 Å². The molecule has 1 aliphatic rings. The van der Waals surface area contributed by atoms with E-state index in [0.29, 0.717) is 31.0 Å². The molecule has 30 heavy (non-hydrogen) atoms. The van der Waals surface area contributed by atoms with Crippen molar-refractivity contribution in [3.05, 3.63) is 59.7 Å². The highest BCUT2D eigenvalue weighted by atomic mass is 32.2. The lowest BCUT2D eigenvalue weighted by atomic mass is 10.1. The summed E-state index contributed by atoms with van der Waals surface area (Å²) in [6, 6.07) is 14.3. The number of carbonyl (C=O) groups excluding carboxylic acids is 1. The van der Waals surface area contributed by atoms with Gasteiger partial charge in [0, 0.05) is 25.1 Å². The van der Waals surface area contributed by atoms with Crippen molar-refractivity contribution >= 4 is 16.0 Å². The molecule has 1 fully saturated rings. The second-order valence-corrected chi connectivity index (χ2v) is 9.25. The van der Waals surface area contributed by atoms with Crippen molar-refractivity contribution in [2.24, 2.45) is 0 Å². The van der Waals surface area contributed by atoms with Crippen LogP contribution in [0.25, 0.3) is 0 Å². The zero-order valence-corrected chi connectivity index (χ0v) is 18.2. The van der Waals surface area contributed by atoms with Gasteiger partial charge in [-0.05, 0) is 49.9 Å². The molecule has 0 spiro atoms. The van der Waals surface area contributed by atoms with Gasteiger partial charge in [-0.3, -0.25) is 4.79 Å². The number of hydrogen-bond acceptors (Lipinski definition) is 5. The van der Waals surface area contributed by atoms with E-state index in [2.05, 4.69) is 0 Å². The van der Waals surface area contributed by atoms with E-state index in [9.17, 15) is 13.2 Å². The van der Waals surface area contributed by atoms with Crippen LogP contribution < -0.4 is 4.74 Å². The molecular weight excluding hydrogens is 402 g/mol. The summed E-state index contributed by atoms with van der Waals surface area (Å²) < 4.78 is 37.9. The number of ether oxygens (including phenoxy) is 2. The summed E-state index contributed by atoms with van der Waals surface area (Å²) in [5.74, 6) is 0.421. The topological polar surface area (TPSA) is 72.9 Å². The molecule has 0 amide bonds. The molecule has 7 heteroatoms. The standard InChI is InChI=1S/C23H29NO5S/c1-2-28-22-9-5-4-8-20(22)18-29-23(25)15-12-19-10-13-21(14-11-19)30(26,27)24-16-6-3-7-17-24/h4-5,8-11,13-14H,2-3,6-7,12,15-18H2,1H3. The number of aryl methyl sites for hydroxylation is 1. The monoisotopic (exact) mass is 431 g/mol. The second-order valence-electron chi connectivity index (χ2n) is 7.31. The Morgan fingerprint density at radius 2 is 1.70 bits per heavy atom. The number of hydrogen-bond donors (Lipinski definition) is 0. The van der Waals surface area contributed by atoms with E-state index in [0.717, 1.165) is 36.1 Å². The molecule has 1 heterocycles. The zero-order valence-electron chi connectivity index (χ0n) is 17.4. The van der Waals surface area contributed by atoms with Gasteiger partial charge in [0.15, 0.2) is 0 Å². The van der Waals surface area contributed by atoms with E-state index in [1.54, 1.807) is 28.6 Å². The van der Waals surface area contributed by atoms with Gasteiger partial charge < -0.3 is 9.47 Å². The van der Waals surface area contributed by atoms with Crippen LogP contribution in [0.1, 0.15) is 43.7 Å². The van der Waals surface area contributed by atoms with E-state index in [-0.39, 0.29) is 19.0 Å². The van der Waals surface area contributed by atoms with Crippen LogP contribution in [0.15, 0.2) is 53.4 Å². The Kier molecular flexibility index (Phi) is 7.87. The van der Waals surface area contributed by atoms with E-state index >= 15 is 0 Å². The molecule has 0 unspecified atom stereocenters. The highest BCUT2D eigenvalue weighted by Crippen LogP contribution is 2.22. The summed E-state index contributed by atoms with van der Waals surface area (Å²) in [6.45, 7) is 3.80. The quantitative estimate of drug-likeness (QED) is 0.563. The van der Waals surface area contributed by atoms with Crippen molar-refractivity contribution in [1.82, 2.24) is 4.31 Å². The van der Waals surface area contributed by atoms with Gasteiger partial charge in [0.1, 0.15) is 12.4 Å². The Morgan fingerprint density at radius 1 is 1.00 bits per heavy atom. The fraction of sp³-hybridized carbons (Fsp3) is 0.435. The summed E-state index contributed by atoms with van der Waals surface area (Å²) in [5, 5.41) is 0. The van der Waals surface area contributed by atoms with Crippen LogP contribution in [0.2, 0.25) is 0 Å². The van der Waals surface area contributed by atoms with Crippen LogP contribution in [0.5, 0.6) is 5.75 Å². The predicted molar refractivity (Wildman–Crippen MR) is 115 cm³/mol. The molecule has 0 atom stereocenters. The van der Waals surface area contributed by atoms with Gasteiger partial charge in [0.25, 0.3) is 0 Å². The number of nitrogens with zero attached hydrogens (tertiary/aromatic N) is 1. The van der Waals surface area contributed by atoms with E-state index in [1.807, 2.05) is 31.2 Å². The molecule has 2 aromatic carbocycles. The van der Waals surface area contributed by atoms with Crippen LogP contribution in [-0.2, 0) is 32.6 Å². The minimum Gasteiger partial charge on any atom is -0.493 e. The molecule has 2 aromatic rings. The lowest BCUT2D eigenvalue weighted by Crippen LogP contribution is -2.35. The Hall–Kier alpha value is -2.38. The minimum atomic E-state index is -3.43. The fourth-order valence-electron chi connectivity index (χ4n) is 3.48. The Labute approximate surface area is 178 Å². The maximum Gasteiger partial charge on any atom is 0.306 e. The first-order valence-electron chi connectivity index (χ1n) is 10.5. The number of sulfonamides is 1. The van der Waals surface area contributed by atoms with E-state index in [4.69, 9.17) is 9.47 Å². The van der Waals surface area contributed by atoms with Crippen molar-refractivity contribution in [1.29, 1.82) is 0 Å². The molecule has 0 aromatic heterocycles. The molecule has 3 rings (SSSR count). The average Bonchev–Trinajstić information content (AvgIpc) is 2.78. The van der Waals surface area contributed by atoms with Crippen molar-refractivity contribution in [3.8, 4) is 5.75 Å². The largest absolute Gasteiger partial charge is 0.493 e. The molecular formula is C23H29NO5S. The fourth-order valence-corrected chi connectivity index (χ4v) is 5.00. The van der Waals surface area contributed by atoms with Crippen molar-refractivity contribution in [2.45, 2.75) is 50.5 Å². The molecule has 0 radical (unpaired) electrons. The highest BCUT2D eigenvalue weighted by molar-refractivity contribution is 7.89. The molecule has 6 nitrogen and oxygen atoms in total. The van der Waals surface area contributed by atoms with Crippen LogP contribution in [0.4, 0.5) is 0 Å². The first kappa shape index (κ1) is 22.3. The third kappa shape index (κ3) is 5.83. The third-order valence-corrected chi connectivity index (χ3v) is 7.07. The van der Waals surface area contributed by atoms with Gasteiger partial charge >= 0.3 is 5.97 Å². The Balaban J connectivity index is 1.51. The van der Waals surface area contributed by atoms with Crippen molar-refractivity contribution < 1.29 is 22.7 Å². The van der Waals surface area contributed by atoms with Crippen LogP contribution in [0.3, 0.4) is 0 Å². The molecule has 1 aliphatic heterocycles. The van der Waals surface area contributed by atoms with E-state index in [1.165, 1.54) is 0 Å². The van der Waals surface area contributed by atoms with Crippen LogP contribution in [-0.4, -0.2) is 38.4 Å². The van der Waals surface area contributed by atoms with Gasteiger partial charge in [-0.15, -0.1) is 0 Å². The lowest BCUT2D eigenvalue weighted by Gasteiger charge is -2.25. The number of piperidine rings is 1. The summed E-state index contributed by atoms with van der Waals surface area (Å²) in [7, 11) is -3.43. The Bertz CT molecular complexity index is 934. The number of carbonyl (C=O) groups is 1. The van der Waals surface area contributed by atoms with Gasteiger partial charge in [0.05, 0.1) is 11.5 Å². The first-order chi connectivity index (χ1) is 14.5. The molecule has 0 bridgehead atoms. The molecule has 0 aliphatic carbocycles. The van der Waals surface area contributed by atoms with E-state index < -0.39 is 10.0 Å². The van der Waals surface area contributed by atoms with Gasteiger partial charge in [-0.1, -0.05) is 36.8 Å². The van der Waals surface area contributed by atoms with Crippen molar-refractivity contribution in [3.63, 3.8) is 0 Å². The SMILES string of the molecule is CCOc1ccccc1COC(=O)CCc1ccc(S(=O)(=O)N2CCCCC2)cc1. The molecule has 1 saturated heterocycles. The number of benzene rings is 2. The normalized spacial score (nSPS) is 15.0. The second kappa shape index (κ2) is 10.6. The number of esters is 1. The predicted octanol–water partition coefficient (Wildman–Crippen LogP) is 3.94. The average molecular weight is 432 g/mol. The first-order valence-corrected chi connectivity index (χ1v) is 11.9. The molecule has 0 saturated carbocycles. The number of para-hydroxylation sites is 1.